The molecule has 0 fully saturated rings. The third kappa shape index (κ3) is 3.62. The van der Waals surface area contributed by atoms with Crippen molar-refractivity contribution in [2.75, 3.05) is 25.1 Å². The van der Waals surface area contributed by atoms with Crippen LogP contribution in [0.5, 0.6) is 0 Å². The SMILES string of the molecule is CSCC(O)CNCCn1c(=O)[nH]c2ccccc21. The maximum atomic E-state index is 11.8. The number of nitrogens with zero attached hydrogens (tertiary/aromatic N) is 1. The molecule has 0 spiro atoms. The van der Waals surface area contributed by atoms with Crippen LogP contribution in [-0.2, 0) is 6.54 Å². The molecule has 0 bridgehead atoms. The van der Waals surface area contributed by atoms with E-state index in [0.717, 1.165) is 16.8 Å². The molecule has 0 saturated carbocycles. The number of hydrogen-bond acceptors (Lipinski definition) is 4. The summed E-state index contributed by atoms with van der Waals surface area (Å²) in [5.74, 6) is 0.722. The Morgan fingerprint density at radius 2 is 2.26 bits per heavy atom. The van der Waals surface area contributed by atoms with Gasteiger partial charge in [-0.2, -0.15) is 11.8 Å². The number of para-hydroxylation sites is 2. The molecule has 3 N–H and O–H groups in total. The van der Waals surface area contributed by atoms with Crippen molar-refractivity contribution < 1.29 is 5.11 Å². The second-order valence-electron chi connectivity index (χ2n) is 4.41. The summed E-state index contributed by atoms with van der Waals surface area (Å²) in [5.41, 5.74) is 1.68. The smallest absolute Gasteiger partial charge is 0.326 e. The average Bonchev–Trinajstić information content (AvgIpc) is 2.71. The molecule has 0 saturated heterocycles. The average molecular weight is 281 g/mol. The predicted molar refractivity (Wildman–Crippen MR) is 79.8 cm³/mol. The van der Waals surface area contributed by atoms with Gasteiger partial charge in [0.15, 0.2) is 0 Å². The van der Waals surface area contributed by atoms with Gasteiger partial charge in [0.25, 0.3) is 0 Å². The molecule has 1 heterocycles. The molecular formula is C13H19N3O2S. The van der Waals surface area contributed by atoms with E-state index in [9.17, 15) is 9.90 Å². The van der Waals surface area contributed by atoms with E-state index in [0.29, 0.717) is 19.6 Å². The highest BCUT2D eigenvalue weighted by atomic mass is 32.2. The second-order valence-corrected chi connectivity index (χ2v) is 5.32. The van der Waals surface area contributed by atoms with Gasteiger partial charge in [-0.1, -0.05) is 12.1 Å². The fourth-order valence-corrected chi connectivity index (χ4v) is 2.54. The first-order valence-electron chi connectivity index (χ1n) is 6.27. The van der Waals surface area contributed by atoms with Crippen LogP contribution < -0.4 is 11.0 Å². The Bertz CT molecular complexity index is 579. The van der Waals surface area contributed by atoms with E-state index in [-0.39, 0.29) is 11.8 Å². The Morgan fingerprint density at radius 3 is 3.05 bits per heavy atom. The van der Waals surface area contributed by atoms with Crippen molar-refractivity contribution in [1.29, 1.82) is 0 Å². The minimum atomic E-state index is -0.338. The molecule has 0 radical (unpaired) electrons. The molecule has 1 unspecified atom stereocenters. The summed E-state index contributed by atoms with van der Waals surface area (Å²) in [5, 5.41) is 12.7. The van der Waals surface area contributed by atoms with Gasteiger partial charge < -0.3 is 15.4 Å². The molecule has 6 heteroatoms. The van der Waals surface area contributed by atoms with Crippen LogP contribution >= 0.6 is 11.8 Å². The zero-order chi connectivity index (χ0) is 13.7. The maximum Gasteiger partial charge on any atom is 0.326 e. The van der Waals surface area contributed by atoms with Gasteiger partial charge in [0.05, 0.1) is 17.1 Å². The van der Waals surface area contributed by atoms with Gasteiger partial charge in [0, 0.05) is 25.4 Å². The molecule has 19 heavy (non-hydrogen) atoms. The zero-order valence-corrected chi connectivity index (χ0v) is 11.7. The normalized spacial score (nSPS) is 12.9. The molecule has 5 nitrogen and oxygen atoms in total. The Labute approximate surface area is 116 Å². The highest BCUT2D eigenvalue weighted by molar-refractivity contribution is 7.98. The van der Waals surface area contributed by atoms with E-state index in [1.165, 1.54) is 0 Å². The molecular weight excluding hydrogens is 262 g/mol. The van der Waals surface area contributed by atoms with Gasteiger partial charge in [0.1, 0.15) is 0 Å². The van der Waals surface area contributed by atoms with E-state index in [2.05, 4.69) is 10.3 Å². The van der Waals surface area contributed by atoms with Crippen molar-refractivity contribution in [3.8, 4) is 0 Å². The first-order chi connectivity index (χ1) is 9.22. The highest BCUT2D eigenvalue weighted by Gasteiger charge is 2.06. The molecule has 1 aromatic heterocycles. The van der Waals surface area contributed by atoms with E-state index < -0.39 is 0 Å². The van der Waals surface area contributed by atoms with Gasteiger partial charge in [-0.15, -0.1) is 0 Å². The molecule has 1 atom stereocenters. The second kappa shape index (κ2) is 6.79. The number of aliphatic hydroxyl groups excluding tert-OH is 1. The first kappa shape index (κ1) is 14.2. The predicted octanol–water partition coefficient (Wildman–Crippen LogP) is 0.643. The van der Waals surface area contributed by atoms with Crippen molar-refractivity contribution in [1.82, 2.24) is 14.9 Å². The molecule has 2 rings (SSSR count). The van der Waals surface area contributed by atoms with Crippen molar-refractivity contribution in [2.24, 2.45) is 0 Å². The van der Waals surface area contributed by atoms with E-state index in [4.69, 9.17) is 0 Å². The summed E-state index contributed by atoms with van der Waals surface area (Å²) in [6, 6.07) is 7.64. The fraction of sp³-hybridized carbons (Fsp3) is 0.462. The number of nitrogens with one attached hydrogen (secondary N) is 2. The van der Waals surface area contributed by atoms with Crippen LogP contribution in [0.3, 0.4) is 0 Å². The number of hydrogen-bond donors (Lipinski definition) is 3. The number of thioether (sulfide) groups is 1. The van der Waals surface area contributed by atoms with Gasteiger partial charge in [-0.05, 0) is 18.4 Å². The molecule has 1 aromatic carbocycles. The van der Waals surface area contributed by atoms with Crippen LogP contribution in [0.4, 0.5) is 0 Å². The van der Waals surface area contributed by atoms with Gasteiger partial charge in [-0.3, -0.25) is 4.57 Å². The number of imidazole rings is 1. The van der Waals surface area contributed by atoms with E-state index in [1.54, 1.807) is 16.3 Å². The number of H-pyrrole nitrogens is 1. The third-order valence-electron chi connectivity index (χ3n) is 2.93. The Morgan fingerprint density at radius 1 is 1.47 bits per heavy atom. The summed E-state index contributed by atoms with van der Waals surface area (Å²) in [7, 11) is 0. The summed E-state index contributed by atoms with van der Waals surface area (Å²) in [4.78, 5) is 14.6. The third-order valence-corrected chi connectivity index (χ3v) is 3.65. The van der Waals surface area contributed by atoms with Crippen LogP contribution in [0.25, 0.3) is 11.0 Å². The lowest BCUT2D eigenvalue weighted by molar-refractivity contribution is 0.195. The number of rotatable bonds is 7. The Balaban J connectivity index is 1.91. The van der Waals surface area contributed by atoms with Crippen molar-refractivity contribution >= 4 is 22.8 Å². The first-order valence-corrected chi connectivity index (χ1v) is 7.67. The maximum absolute atomic E-state index is 11.8. The summed E-state index contributed by atoms with van der Waals surface area (Å²) >= 11 is 1.62. The Hall–Kier alpha value is -1.24. The lowest BCUT2D eigenvalue weighted by Crippen LogP contribution is -2.32. The van der Waals surface area contributed by atoms with Gasteiger partial charge in [0.2, 0.25) is 0 Å². The molecule has 0 aliphatic heterocycles. The lowest BCUT2D eigenvalue weighted by atomic mass is 10.3. The van der Waals surface area contributed by atoms with E-state index >= 15 is 0 Å². The minimum Gasteiger partial charge on any atom is -0.391 e. The summed E-state index contributed by atoms with van der Waals surface area (Å²) < 4.78 is 1.71. The monoisotopic (exact) mass is 281 g/mol. The van der Waals surface area contributed by atoms with Crippen molar-refractivity contribution in [2.45, 2.75) is 12.6 Å². The molecule has 0 aliphatic rings. The highest BCUT2D eigenvalue weighted by Crippen LogP contribution is 2.08. The molecule has 2 aromatic rings. The van der Waals surface area contributed by atoms with Gasteiger partial charge >= 0.3 is 5.69 Å². The summed E-state index contributed by atoms with van der Waals surface area (Å²) in [6.07, 6.45) is 1.63. The number of aliphatic hydroxyl groups is 1. The Kier molecular flexibility index (Phi) is 5.07. The quantitative estimate of drug-likeness (QED) is 0.652. The number of benzene rings is 1. The zero-order valence-electron chi connectivity index (χ0n) is 10.9. The van der Waals surface area contributed by atoms with Crippen molar-refractivity contribution in [3.63, 3.8) is 0 Å². The molecule has 0 aliphatic carbocycles. The van der Waals surface area contributed by atoms with E-state index in [1.807, 2.05) is 30.5 Å². The van der Waals surface area contributed by atoms with Crippen LogP contribution in [-0.4, -0.2) is 45.9 Å². The topological polar surface area (TPSA) is 70.0 Å². The van der Waals surface area contributed by atoms with Crippen LogP contribution in [0, 0.1) is 0 Å². The van der Waals surface area contributed by atoms with Crippen LogP contribution in [0.2, 0.25) is 0 Å². The molecule has 0 amide bonds. The number of aromatic nitrogens is 2. The minimum absolute atomic E-state index is 0.0901. The largest absolute Gasteiger partial charge is 0.391 e. The van der Waals surface area contributed by atoms with Crippen molar-refractivity contribution in [3.05, 3.63) is 34.7 Å². The molecule has 104 valence electrons. The fourth-order valence-electron chi connectivity index (χ4n) is 2.04. The summed E-state index contributed by atoms with van der Waals surface area (Å²) in [6.45, 7) is 1.81. The lowest BCUT2D eigenvalue weighted by Gasteiger charge is -2.10. The number of fused-ring (bicyclic) bond motifs is 1. The standard InChI is InChI=1S/C13H19N3O2S/c1-19-9-10(17)8-14-6-7-16-12-5-3-2-4-11(12)15-13(16)18/h2-5,10,14,17H,6-9H2,1H3,(H,15,18). The van der Waals surface area contributed by atoms with Gasteiger partial charge in [-0.25, -0.2) is 4.79 Å². The van der Waals surface area contributed by atoms with Crippen LogP contribution in [0.15, 0.2) is 29.1 Å². The van der Waals surface area contributed by atoms with Crippen LogP contribution in [0.1, 0.15) is 0 Å². The number of aromatic amines is 1.